The summed E-state index contributed by atoms with van der Waals surface area (Å²) in [5.74, 6) is 0.235. The van der Waals surface area contributed by atoms with E-state index in [4.69, 9.17) is 9.47 Å². The molecule has 4 heteroatoms. The van der Waals surface area contributed by atoms with Gasteiger partial charge in [0.1, 0.15) is 19.0 Å². The van der Waals surface area contributed by atoms with E-state index in [1.165, 1.54) is 0 Å². The summed E-state index contributed by atoms with van der Waals surface area (Å²) >= 11 is 0. The van der Waals surface area contributed by atoms with Crippen LogP contribution < -0.4 is 9.64 Å². The maximum atomic E-state index is 13.6. The molecule has 39 heavy (non-hydrogen) atoms. The zero-order valence-corrected chi connectivity index (χ0v) is 21.8. The summed E-state index contributed by atoms with van der Waals surface area (Å²) < 4.78 is 11.9. The molecule has 0 saturated heterocycles. The van der Waals surface area contributed by atoms with Gasteiger partial charge in [0.2, 0.25) is 0 Å². The Kier molecular flexibility index (Phi) is 8.67. The Balaban J connectivity index is 1.47. The fourth-order valence-electron chi connectivity index (χ4n) is 4.42. The van der Waals surface area contributed by atoms with Gasteiger partial charge in [-0.05, 0) is 40.5 Å². The Morgan fingerprint density at radius 1 is 0.538 bits per heavy atom. The van der Waals surface area contributed by atoms with Crippen molar-refractivity contribution < 1.29 is 14.3 Å². The van der Waals surface area contributed by atoms with Gasteiger partial charge in [0.15, 0.2) is 0 Å². The van der Waals surface area contributed by atoms with E-state index in [0.29, 0.717) is 31.0 Å². The molecule has 0 bridgehead atoms. The lowest BCUT2D eigenvalue weighted by atomic mass is 10.1. The molecule has 0 fully saturated rings. The summed E-state index contributed by atoms with van der Waals surface area (Å²) in [6.07, 6.45) is 0. The molecule has 0 radical (unpaired) electrons. The Hall–Kier alpha value is -4.83. The normalized spacial score (nSPS) is 10.6. The van der Waals surface area contributed by atoms with E-state index >= 15 is 0 Å². The minimum atomic E-state index is -0.384. The maximum absolute atomic E-state index is 13.6. The number of carbonyl (C=O) groups is 1. The van der Waals surface area contributed by atoms with Crippen molar-refractivity contribution in [3.8, 4) is 5.75 Å². The summed E-state index contributed by atoms with van der Waals surface area (Å²) in [6, 6.07) is 46.0. The van der Waals surface area contributed by atoms with Crippen LogP contribution in [0, 0.1) is 0 Å². The number of hydrogen-bond acceptors (Lipinski definition) is 4. The summed E-state index contributed by atoms with van der Waals surface area (Å²) in [5.41, 5.74) is 5.58. The minimum Gasteiger partial charge on any atom is -0.489 e. The Labute approximate surface area is 230 Å². The van der Waals surface area contributed by atoms with Gasteiger partial charge in [0.25, 0.3) is 0 Å². The standard InChI is InChI=1S/C35H31NO3/c37-35(39-27-31-19-11-4-12-20-31)33-23-32(38-26-30-17-9-3-10-18-30)21-22-34(33)36(24-28-13-5-1-6-14-28)25-29-15-7-2-8-16-29/h1-23H,24-27H2. The topological polar surface area (TPSA) is 38.8 Å². The molecule has 0 spiro atoms. The first-order chi connectivity index (χ1) is 19.2. The summed E-state index contributed by atoms with van der Waals surface area (Å²) in [4.78, 5) is 15.8. The van der Waals surface area contributed by atoms with Gasteiger partial charge in [0, 0.05) is 13.1 Å². The third kappa shape index (κ3) is 7.36. The average molecular weight is 514 g/mol. The van der Waals surface area contributed by atoms with Gasteiger partial charge in [-0.1, -0.05) is 121 Å². The van der Waals surface area contributed by atoms with E-state index < -0.39 is 0 Å². The molecule has 0 aliphatic rings. The van der Waals surface area contributed by atoms with Crippen molar-refractivity contribution in [1.82, 2.24) is 0 Å². The number of nitrogens with zero attached hydrogens (tertiary/aromatic N) is 1. The van der Waals surface area contributed by atoms with Crippen molar-refractivity contribution in [2.75, 3.05) is 4.90 Å². The molecule has 0 heterocycles. The molecule has 0 saturated carbocycles. The van der Waals surface area contributed by atoms with Gasteiger partial charge in [-0.25, -0.2) is 4.79 Å². The molecule has 0 aliphatic carbocycles. The maximum Gasteiger partial charge on any atom is 0.340 e. The van der Waals surface area contributed by atoms with Gasteiger partial charge in [-0.15, -0.1) is 0 Å². The van der Waals surface area contributed by atoms with Crippen LogP contribution in [0.3, 0.4) is 0 Å². The van der Waals surface area contributed by atoms with Crippen molar-refractivity contribution in [1.29, 1.82) is 0 Å². The predicted octanol–water partition coefficient (Wildman–Crippen LogP) is 7.83. The number of ether oxygens (including phenoxy) is 2. The Morgan fingerprint density at radius 2 is 1.00 bits per heavy atom. The Bertz CT molecular complexity index is 1410. The SMILES string of the molecule is O=C(OCc1ccccc1)c1cc(OCc2ccccc2)ccc1N(Cc1ccccc1)Cc1ccccc1. The Morgan fingerprint density at radius 3 is 1.51 bits per heavy atom. The first-order valence-electron chi connectivity index (χ1n) is 13.1. The molecule has 5 aromatic carbocycles. The van der Waals surface area contributed by atoms with Crippen LogP contribution in [0.15, 0.2) is 140 Å². The molecule has 0 amide bonds. The molecule has 0 aromatic heterocycles. The first kappa shape index (κ1) is 25.8. The highest BCUT2D eigenvalue weighted by molar-refractivity contribution is 5.96. The lowest BCUT2D eigenvalue weighted by Crippen LogP contribution is -2.24. The molecule has 0 aliphatic heterocycles. The van der Waals surface area contributed by atoms with Crippen LogP contribution in [0.4, 0.5) is 5.69 Å². The van der Waals surface area contributed by atoms with Crippen molar-refractivity contribution in [3.05, 3.63) is 167 Å². The number of hydrogen-bond donors (Lipinski definition) is 0. The predicted molar refractivity (Wildman–Crippen MR) is 156 cm³/mol. The quantitative estimate of drug-likeness (QED) is 0.169. The fourth-order valence-corrected chi connectivity index (χ4v) is 4.42. The van der Waals surface area contributed by atoms with Crippen LogP contribution in [0.25, 0.3) is 0 Å². The van der Waals surface area contributed by atoms with Crippen molar-refractivity contribution in [2.24, 2.45) is 0 Å². The summed E-state index contributed by atoms with van der Waals surface area (Å²) in [6.45, 7) is 1.89. The molecule has 0 atom stereocenters. The number of rotatable bonds is 11. The molecule has 4 nitrogen and oxygen atoms in total. The average Bonchev–Trinajstić information content (AvgIpc) is 3.00. The van der Waals surface area contributed by atoms with Gasteiger partial charge in [0.05, 0.1) is 11.3 Å². The lowest BCUT2D eigenvalue weighted by Gasteiger charge is -2.27. The van der Waals surface area contributed by atoms with Gasteiger partial charge in [-0.3, -0.25) is 0 Å². The van der Waals surface area contributed by atoms with E-state index in [0.717, 1.165) is 27.9 Å². The van der Waals surface area contributed by atoms with E-state index in [2.05, 4.69) is 29.2 Å². The van der Waals surface area contributed by atoms with Crippen LogP contribution in [0.2, 0.25) is 0 Å². The number of carbonyl (C=O) groups excluding carboxylic acids is 1. The second kappa shape index (κ2) is 13.1. The molecular formula is C35H31NO3. The highest BCUT2D eigenvalue weighted by Crippen LogP contribution is 2.30. The number of anilines is 1. The smallest absolute Gasteiger partial charge is 0.340 e. The van der Waals surface area contributed by atoms with E-state index in [1.54, 1.807) is 6.07 Å². The van der Waals surface area contributed by atoms with Crippen LogP contribution in [0.1, 0.15) is 32.6 Å². The van der Waals surface area contributed by atoms with Crippen molar-refractivity contribution >= 4 is 11.7 Å². The highest BCUT2D eigenvalue weighted by atomic mass is 16.5. The summed E-state index contributed by atoms with van der Waals surface area (Å²) in [7, 11) is 0. The number of benzene rings is 5. The summed E-state index contributed by atoms with van der Waals surface area (Å²) in [5, 5.41) is 0. The van der Waals surface area contributed by atoms with E-state index in [9.17, 15) is 4.79 Å². The zero-order chi connectivity index (χ0) is 26.7. The van der Waals surface area contributed by atoms with Gasteiger partial charge >= 0.3 is 5.97 Å². The van der Waals surface area contributed by atoms with Crippen LogP contribution in [-0.2, 0) is 31.0 Å². The monoisotopic (exact) mass is 513 g/mol. The van der Waals surface area contributed by atoms with Crippen molar-refractivity contribution in [2.45, 2.75) is 26.3 Å². The molecule has 5 aromatic rings. The minimum absolute atomic E-state index is 0.200. The molecule has 0 N–H and O–H groups in total. The molecule has 5 rings (SSSR count). The second-order valence-electron chi connectivity index (χ2n) is 9.34. The van der Waals surface area contributed by atoms with Crippen LogP contribution >= 0.6 is 0 Å². The molecule has 194 valence electrons. The van der Waals surface area contributed by atoms with E-state index in [-0.39, 0.29) is 12.6 Å². The third-order valence-electron chi connectivity index (χ3n) is 6.42. The lowest BCUT2D eigenvalue weighted by molar-refractivity contribution is 0.0473. The van der Waals surface area contributed by atoms with Gasteiger partial charge in [-0.2, -0.15) is 0 Å². The van der Waals surface area contributed by atoms with Gasteiger partial charge < -0.3 is 14.4 Å². The van der Waals surface area contributed by atoms with Crippen LogP contribution in [0.5, 0.6) is 5.75 Å². The van der Waals surface area contributed by atoms with Crippen molar-refractivity contribution in [3.63, 3.8) is 0 Å². The fraction of sp³-hybridized carbons (Fsp3) is 0.114. The highest BCUT2D eigenvalue weighted by Gasteiger charge is 2.20. The first-order valence-corrected chi connectivity index (χ1v) is 13.1. The van der Waals surface area contributed by atoms with Crippen LogP contribution in [-0.4, -0.2) is 5.97 Å². The zero-order valence-electron chi connectivity index (χ0n) is 21.8. The van der Waals surface area contributed by atoms with E-state index in [1.807, 2.05) is 109 Å². The molecule has 0 unspecified atom stereocenters. The third-order valence-corrected chi connectivity index (χ3v) is 6.42. The largest absolute Gasteiger partial charge is 0.489 e. The number of esters is 1. The molecular weight excluding hydrogens is 482 g/mol. The second-order valence-corrected chi connectivity index (χ2v) is 9.34.